The summed E-state index contributed by atoms with van der Waals surface area (Å²) in [5.74, 6) is -0.771. The number of amides is 3. The number of thiazole rings is 1. The molecule has 3 amide bonds. The third-order valence-electron chi connectivity index (χ3n) is 3.26. The maximum Gasteiger partial charge on any atom is 0.358 e. The SMILES string of the molecule is CNC(=O)NC(=O)C(C)OC(=O)c1csc(COc2ccc(C)cc2)n1. The molecular weight excluding hydrogens is 358 g/mol. The van der Waals surface area contributed by atoms with Gasteiger partial charge in [-0.2, -0.15) is 0 Å². The number of urea groups is 1. The van der Waals surface area contributed by atoms with Gasteiger partial charge in [0.05, 0.1) is 0 Å². The van der Waals surface area contributed by atoms with Crippen molar-refractivity contribution in [2.45, 2.75) is 26.6 Å². The highest BCUT2D eigenvalue weighted by molar-refractivity contribution is 7.09. The highest BCUT2D eigenvalue weighted by Crippen LogP contribution is 2.16. The van der Waals surface area contributed by atoms with Gasteiger partial charge in [-0.3, -0.25) is 10.1 Å². The number of nitrogens with one attached hydrogen (secondary N) is 2. The van der Waals surface area contributed by atoms with E-state index in [0.717, 1.165) is 5.56 Å². The van der Waals surface area contributed by atoms with E-state index < -0.39 is 24.0 Å². The molecule has 0 aliphatic rings. The molecule has 9 heteroatoms. The van der Waals surface area contributed by atoms with E-state index in [-0.39, 0.29) is 12.3 Å². The Hall–Kier alpha value is -2.94. The van der Waals surface area contributed by atoms with Crippen molar-refractivity contribution in [3.63, 3.8) is 0 Å². The van der Waals surface area contributed by atoms with Gasteiger partial charge in [-0.25, -0.2) is 14.6 Å². The average Bonchev–Trinajstić information content (AvgIpc) is 3.10. The molecule has 0 aliphatic carbocycles. The zero-order valence-corrected chi connectivity index (χ0v) is 15.4. The maximum absolute atomic E-state index is 12.0. The fourth-order valence-corrected chi connectivity index (χ4v) is 2.48. The molecule has 1 aromatic carbocycles. The van der Waals surface area contributed by atoms with Gasteiger partial charge < -0.3 is 14.8 Å². The van der Waals surface area contributed by atoms with Gasteiger partial charge in [-0.15, -0.1) is 11.3 Å². The first kappa shape index (κ1) is 19.4. The molecule has 1 aromatic heterocycles. The van der Waals surface area contributed by atoms with Crippen LogP contribution in [0.25, 0.3) is 0 Å². The minimum absolute atomic E-state index is 0.0806. The van der Waals surface area contributed by atoms with Crippen molar-refractivity contribution in [2.24, 2.45) is 0 Å². The largest absolute Gasteiger partial charge is 0.486 e. The number of aryl methyl sites for hydroxylation is 1. The molecule has 1 unspecified atom stereocenters. The minimum atomic E-state index is -1.13. The summed E-state index contributed by atoms with van der Waals surface area (Å²) in [6.45, 7) is 3.57. The van der Waals surface area contributed by atoms with Crippen LogP contribution in [0.4, 0.5) is 4.79 Å². The zero-order chi connectivity index (χ0) is 19.1. The van der Waals surface area contributed by atoms with Gasteiger partial charge >= 0.3 is 12.0 Å². The van der Waals surface area contributed by atoms with Gasteiger partial charge in [-0.1, -0.05) is 17.7 Å². The van der Waals surface area contributed by atoms with Crippen molar-refractivity contribution in [3.05, 3.63) is 45.9 Å². The standard InChI is InChI=1S/C17H19N3O5S/c1-10-4-6-12(7-5-10)24-8-14-19-13(9-26-14)16(22)25-11(2)15(21)20-17(23)18-3/h4-7,9,11H,8H2,1-3H3,(H2,18,20,21,23). The van der Waals surface area contributed by atoms with E-state index in [1.54, 1.807) is 0 Å². The summed E-state index contributed by atoms with van der Waals surface area (Å²) >= 11 is 1.25. The number of nitrogens with zero attached hydrogens (tertiary/aromatic N) is 1. The molecule has 1 atom stereocenters. The molecule has 0 bridgehead atoms. The summed E-state index contributed by atoms with van der Waals surface area (Å²) in [5, 5.41) is 6.39. The maximum atomic E-state index is 12.0. The van der Waals surface area contributed by atoms with Gasteiger partial charge in [0.1, 0.15) is 17.4 Å². The topological polar surface area (TPSA) is 107 Å². The summed E-state index contributed by atoms with van der Waals surface area (Å²) in [6, 6.07) is 6.90. The van der Waals surface area contributed by atoms with Gasteiger partial charge in [0.2, 0.25) is 0 Å². The highest BCUT2D eigenvalue weighted by atomic mass is 32.1. The molecule has 2 rings (SSSR count). The number of imide groups is 1. The van der Waals surface area contributed by atoms with E-state index in [1.807, 2.05) is 36.5 Å². The first-order valence-corrected chi connectivity index (χ1v) is 8.64. The third kappa shape index (κ3) is 5.55. The van der Waals surface area contributed by atoms with Crippen molar-refractivity contribution in [3.8, 4) is 5.75 Å². The van der Waals surface area contributed by atoms with Crippen LogP contribution < -0.4 is 15.4 Å². The number of aromatic nitrogens is 1. The van der Waals surface area contributed by atoms with Gasteiger partial charge in [0.25, 0.3) is 5.91 Å². The van der Waals surface area contributed by atoms with Crippen LogP contribution in [0.2, 0.25) is 0 Å². The molecule has 1 heterocycles. The molecule has 0 aliphatic heterocycles. The van der Waals surface area contributed by atoms with Gasteiger partial charge in [0, 0.05) is 12.4 Å². The molecule has 0 fully saturated rings. The first-order valence-electron chi connectivity index (χ1n) is 7.76. The van der Waals surface area contributed by atoms with Crippen LogP contribution in [0, 0.1) is 6.92 Å². The van der Waals surface area contributed by atoms with Crippen molar-refractivity contribution in [2.75, 3.05) is 7.05 Å². The van der Waals surface area contributed by atoms with E-state index in [1.165, 1.54) is 30.7 Å². The Bertz CT molecular complexity index is 788. The minimum Gasteiger partial charge on any atom is -0.486 e. The van der Waals surface area contributed by atoms with E-state index in [4.69, 9.17) is 9.47 Å². The smallest absolute Gasteiger partial charge is 0.358 e. The van der Waals surface area contributed by atoms with Crippen molar-refractivity contribution in [1.82, 2.24) is 15.6 Å². The van der Waals surface area contributed by atoms with Crippen molar-refractivity contribution < 1.29 is 23.9 Å². The number of ether oxygens (including phenoxy) is 2. The summed E-state index contributed by atoms with van der Waals surface area (Å²) in [4.78, 5) is 38.9. The molecular formula is C17H19N3O5S. The Labute approximate surface area is 154 Å². The molecule has 0 radical (unpaired) electrons. The number of benzene rings is 1. The van der Waals surface area contributed by atoms with Crippen LogP contribution in [0.5, 0.6) is 5.75 Å². The highest BCUT2D eigenvalue weighted by Gasteiger charge is 2.22. The summed E-state index contributed by atoms with van der Waals surface area (Å²) in [7, 11) is 1.37. The normalized spacial score (nSPS) is 11.3. The summed E-state index contributed by atoms with van der Waals surface area (Å²) in [5.41, 5.74) is 1.21. The Morgan fingerprint density at radius 3 is 2.58 bits per heavy atom. The molecule has 0 saturated heterocycles. The lowest BCUT2D eigenvalue weighted by atomic mass is 10.2. The predicted molar refractivity (Wildman–Crippen MR) is 95.1 cm³/mol. The van der Waals surface area contributed by atoms with E-state index >= 15 is 0 Å². The lowest BCUT2D eigenvalue weighted by Crippen LogP contribution is -2.43. The second-order valence-electron chi connectivity index (χ2n) is 5.34. The summed E-state index contributed by atoms with van der Waals surface area (Å²) in [6.07, 6.45) is -1.13. The van der Waals surface area contributed by atoms with Crippen LogP contribution in [0.1, 0.15) is 28.0 Å². The second-order valence-corrected chi connectivity index (χ2v) is 6.29. The fourth-order valence-electron chi connectivity index (χ4n) is 1.80. The van der Waals surface area contributed by atoms with Crippen LogP contribution in [0.3, 0.4) is 0 Å². The molecule has 26 heavy (non-hydrogen) atoms. The van der Waals surface area contributed by atoms with Crippen molar-refractivity contribution in [1.29, 1.82) is 0 Å². The second kappa shape index (κ2) is 8.95. The molecule has 2 N–H and O–H groups in total. The number of carbonyl (C=O) groups is 3. The number of carbonyl (C=O) groups excluding carboxylic acids is 3. The fraction of sp³-hybridized carbons (Fsp3) is 0.294. The Kier molecular flexibility index (Phi) is 6.67. The quantitative estimate of drug-likeness (QED) is 0.746. The molecule has 0 spiro atoms. The lowest BCUT2D eigenvalue weighted by molar-refractivity contribution is -0.127. The monoisotopic (exact) mass is 377 g/mol. The Balaban J connectivity index is 1.87. The number of hydrogen-bond acceptors (Lipinski definition) is 7. The molecule has 2 aromatic rings. The number of esters is 1. The Morgan fingerprint density at radius 1 is 1.23 bits per heavy atom. The van der Waals surface area contributed by atoms with Crippen LogP contribution in [-0.2, 0) is 16.1 Å². The molecule has 138 valence electrons. The first-order chi connectivity index (χ1) is 12.4. The lowest BCUT2D eigenvalue weighted by Gasteiger charge is -2.11. The van der Waals surface area contributed by atoms with E-state index in [9.17, 15) is 14.4 Å². The van der Waals surface area contributed by atoms with E-state index in [2.05, 4.69) is 10.3 Å². The zero-order valence-electron chi connectivity index (χ0n) is 14.6. The van der Waals surface area contributed by atoms with Crippen molar-refractivity contribution >= 4 is 29.2 Å². The predicted octanol–water partition coefficient (Wildman–Crippen LogP) is 2.03. The average molecular weight is 377 g/mol. The molecule has 0 saturated carbocycles. The Morgan fingerprint density at radius 2 is 1.92 bits per heavy atom. The van der Waals surface area contributed by atoms with Gasteiger partial charge in [0.15, 0.2) is 11.8 Å². The number of hydrogen-bond donors (Lipinski definition) is 2. The number of rotatable bonds is 6. The van der Waals surface area contributed by atoms with Crippen LogP contribution in [-0.4, -0.2) is 36.0 Å². The van der Waals surface area contributed by atoms with E-state index in [0.29, 0.717) is 10.8 Å². The van der Waals surface area contributed by atoms with Crippen LogP contribution >= 0.6 is 11.3 Å². The van der Waals surface area contributed by atoms with Crippen LogP contribution in [0.15, 0.2) is 29.6 Å². The summed E-state index contributed by atoms with van der Waals surface area (Å²) < 4.78 is 10.6. The van der Waals surface area contributed by atoms with Gasteiger partial charge in [-0.05, 0) is 26.0 Å². The third-order valence-corrected chi connectivity index (χ3v) is 4.08. The molecule has 8 nitrogen and oxygen atoms in total.